The minimum absolute atomic E-state index is 0.0546. The van der Waals surface area contributed by atoms with E-state index < -0.39 is 16.0 Å². The molecule has 1 atom stereocenters. The Balaban J connectivity index is 3.08. The van der Waals surface area contributed by atoms with E-state index in [2.05, 4.69) is 20.7 Å². The fraction of sp³-hybridized carbons (Fsp3) is 0.364. The van der Waals surface area contributed by atoms with Gasteiger partial charge in [0.25, 0.3) is 0 Å². The van der Waals surface area contributed by atoms with Crippen molar-refractivity contribution in [1.29, 1.82) is 0 Å². The molecule has 0 spiro atoms. The summed E-state index contributed by atoms with van der Waals surface area (Å²) in [7, 11) is -3.70. The predicted molar refractivity (Wildman–Crippen MR) is 79.3 cm³/mol. The Morgan fingerprint density at radius 3 is 2.68 bits per heavy atom. The summed E-state index contributed by atoms with van der Waals surface area (Å²) < 4.78 is 27.0. The fourth-order valence-corrected chi connectivity index (χ4v) is 3.83. The highest BCUT2D eigenvalue weighted by Gasteiger charge is 2.20. The zero-order chi connectivity index (χ0) is 14.6. The summed E-state index contributed by atoms with van der Waals surface area (Å²) in [6.07, 6.45) is 1.88. The van der Waals surface area contributed by atoms with Gasteiger partial charge in [0, 0.05) is 16.3 Å². The van der Waals surface area contributed by atoms with Gasteiger partial charge < -0.3 is 5.11 Å². The van der Waals surface area contributed by atoms with Gasteiger partial charge in [-0.1, -0.05) is 0 Å². The number of thioether (sulfide) groups is 1. The molecule has 0 heterocycles. The molecule has 0 bridgehead atoms. The molecule has 0 aliphatic carbocycles. The Bertz CT molecular complexity index is 574. The van der Waals surface area contributed by atoms with E-state index in [0.717, 1.165) is 6.07 Å². The summed E-state index contributed by atoms with van der Waals surface area (Å²) in [6, 6.07) is 3.69. The number of halogens is 1. The van der Waals surface area contributed by atoms with Crippen LogP contribution in [0, 0.1) is 0 Å². The second kappa shape index (κ2) is 6.74. The van der Waals surface area contributed by atoms with E-state index in [9.17, 15) is 13.2 Å². The molecule has 0 saturated carbocycles. The molecular weight excluding hydrogens is 354 g/mol. The van der Waals surface area contributed by atoms with Crippen molar-refractivity contribution in [2.75, 3.05) is 12.0 Å². The van der Waals surface area contributed by atoms with Crippen molar-refractivity contribution in [2.45, 2.75) is 17.9 Å². The lowest BCUT2D eigenvalue weighted by molar-refractivity contribution is 0.0695. The van der Waals surface area contributed by atoms with Crippen molar-refractivity contribution in [3.63, 3.8) is 0 Å². The molecule has 0 aliphatic heterocycles. The van der Waals surface area contributed by atoms with Gasteiger partial charge in [-0.15, -0.1) is 0 Å². The third-order valence-electron chi connectivity index (χ3n) is 2.25. The highest BCUT2D eigenvalue weighted by molar-refractivity contribution is 9.10. The Kier molecular flexibility index (Phi) is 5.84. The lowest BCUT2D eigenvalue weighted by Crippen LogP contribution is -2.34. The second-order valence-corrected chi connectivity index (χ2v) is 7.40. The summed E-state index contributed by atoms with van der Waals surface area (Å²) in [5.74, 6) is -0.539. The number of nitrogens with one attached hydrogen (secondary N) is 1. The van der Waals surface area contributed by atoms with Crippen LogP contribution >= 0.6 is 27.7 Å². The third-order valence-corrected chi connectivity index (χ3v) is 5.36. The molecule has 2 N–H and O–H groups in total. The van der Waals surface area contributed by atoms with E-state index in [1.165, 1.54) is 23.9 Å². The average molecular weight is 368 g/mol. The Morgan fingerprint density at radius 1 is 1.53 bits per heavy atom. The molecule has 0 aliphatic rings. The molecule has 0 saturated heterocycles. The van der Waals surface area contributed by atoms with Crippen molar-refractivity contribution >= 4 is 43.7 Å². The fourth-order valence-electron chi connectivity index (χ4n) is 1.45. The molecule has 0 radical (unpaired) electrons. The number of benzene rings is 1. The predicted octanol–water partition coefficient (Wildman–Crippen LogP) is 2.18. The zero-order valence-electron chi connectivity index (χ0n) is 10.4. The monoisotopic (exact) mass is 367 g/mol. The van der Waals surface area contributed by atoms with E-state index in [1.54, 1.807) is 6.92 Å². The standard InChI is InChI=1S/C11H14BrNO4S2/c1-7(6-18-2)13-19(16,17)8-3-4-10(12)9(5-8)11(14)15/h3-5,7,13H,6H2,1-2H3,(H,14,15). The Labute approximate surface area is 125 Å². The lowest BCUT2D eigenvalue weighted by atomic mass is 10.2. The van der Waals surface area contributed by atoms with Crippen molar-refractivity contribution in [2.24, 2.45) is 0 Å². The van der Waals surface area contributed by atoms with Gasteiger partial charge in [0.2, 0.25) is 10.0 Å². The van der Waals surface area contributed by atoms with Gasteiger partial charge in [-0.25, -0.2) is 17.9 Å². The second-order valence-electron chi connectivity index (χ2n) is 3.92. The first-order chi connectivity index (χ1) is 8.77. The average Bonchev–Trinajstić information content (AvgIpc) is 2.28. The Hall–Kier alpha value is -0.570. The van der Waals surface area contributed by atoms with Gasteiger partial charge in [-0.05, 0) is 47.3 Å². The maximum atomic E-state index is 12.1. The normalized spacial score (nSPS) is 13.2. The van der Waals surface area contributed by atoms with E-state index in [0.29, 0.717) is 10.2 Å². The largest absolute Gasteiger partial charge is 0.478 e. The SMILES string of the molecule is CSCC(C)NS(=O)(=O)c1ccc(Br)c(C(=O)O)c1. The van der Waals surface area contributed by atoms with Gasteiger partial charge in [-0.2, -0.15) is 11.8 Å². The number of rotatable bonds is 6. The quantitative estimate of drug-likeness (QED) is 0.804. The topological polar surface area (TPSA) is 83.5 Å². The molecule has 1 aromatic carbocycles. The van der Waals surface area contributed by atoms with Crippen LogP contribution in [0.2, 0.25) is 0 Å². The molecule has 0 amide bonds. The Morgan fingerprint density at radius 2 is 2.16 bits per heavy atom. The van der Waals surface area contributed by atoms with Crippen LogP contribution in [0.5, 0.6) is 0 Å². The van der Waals surface area contributed by atoms with E-state index in [4.69, 9.17) is 5.11 Å². The summed E-state index contributed by atoms with van der Waals surface area (Å²) >= 11 is 4.60. The smallest absolute Gasteiger partial charge is 0.336 e. The maximum Gasteiger partial charge on any atom is 0.336 e. The van der Waals surface area contributed by atoms with Gasteiger partial charge in [0.1, 0.15) is 0 Å². The van der Waals surface area contributed by atoms with E-state index >= 15 is 0 Å². The summed E-state index contributed by atoms with van der Waals surface area (Å²) in [5.41, 5.74) is -0.0830. The van der Waals surface area contributed by atoms with Crippen molar-refractivity contribution in [3.8, 4) is 0 Å². The zero-order valence-corrected chi connectivity index (χ0v) is 13.6. The van der Waals surface area contributed by atoms with Crippen LogP contribution in [0.3, 0.4) is 0 Å². The molecule has 19 heavy (non-hydrogen) atoms. The molecule has 1 aromatic rings. The molecule has 0 fully saturated rings. The van der Waals surface area contributed by atoms with Crippen LogP contribution in [0.25, 0.3) is 0 Å². The van der Waals surface area contributed by atoms with Crippen LogP contribution in [-0.4, -0.2) is 37.5 Å². The van der Waals surface area contributed by atoms with Crippen LogP contribution in [0.1, 0.15) is 17.3 Å². The maximum absolute atomic E-state index is 12.1. The van der Waals surface area contributed by atoms with E-state index in [-0.39, 0.29) is 16.5 Å². The first-order valence-corrected chi connectivity index (χ1v) is 8.99. The molecule has 1 unspecified atom stereocenters. The van der Waals surface area contributed by atoms with Crippen molar-refractivity contribution in [3.05, 3.63) is 28.2 Å². The van der Waals surface area contributed by atoms with Crippen LogP contribution in [0.15, 0.2) is 27.6 Å². The molecular formula is C11H14BrNO4S2. The number of hydrogen-bond donors (Lipinski definition) is 2. The van der Waals surface area contributed by atoms with Crippen LogP contribution < -0.4 is 4.72 Å². The summed E-state index contributed by atoms with van der Waals surface area (Å²) in [4.78, 5) is 10.9. The van der Waals surface area contributed by atoms with E-state index in [1.807, 2.05) is 6.26 Å². The molecule has 1 rings (SSSR count). The molecule has 106 valence electrons. The number of sulfonamides is 1. The first kappa shape index (κ1) is 16.5. The molecule has 0 aromatic heterocycles. The van der Waals surface area contributed by atoms with Gasteiger partial charge in [0.15, 0.2) is 0 Å². The van der Waals surface area contributed by atoms with Crippen molar-refractivity contribution in [1.82, 2.24) is 4.72 Å². The molecule has 5 nitrogen and oxygen atoms in total. The van der Waals surface area contributed by atoms with Crippen LogP contribution in [-0.2, 0) is 10.0 Å². The minimum Gasteiger partial charge on any atom is -0.478 e. The third kappa shape index (κ3) is 4.48. The van der Waals surface area contributed by atoms with Gasteiger partial charge in [0.05, 0.1) is 10.5 Å². The number of carboxylic acid groups (broad SMARTS) is 1. The number of aromatic carboxylic acids is 1. The van der Waals surface area contributed by atoms with Gasteiger partial charge in [-0.3, -0.25) is 0 Å². The van der Waals surface area contributed by atoms with Gasteiger partial charge >= 0.3 is 5.97 Å². The highest BCUT2D eigenvalue weighted by atomic mass is 79.9. The highest BCUT2D eigenvalue weighted by Crippen LogP contribution is 2.21. The minimum atomic E-state index is -3.70. The van der Waals surface area contributed by atoms with Crippen molar-refractivity contribution < 1.29 is 18.3 Å². The first-order valence-electron chi connectivity index (χ1n) is 5.32. The summed E-state index contributed by atoms with van der Waals surface area (Å²) in [5, 5.41) is 8.97. The number of hydrogen-bond acceptors (Lipinski definition) is 4. The van der Waals surface area contributed by atoms with Crippen LogP contribution in [0.4, 0.5) is 0 Å². The lowest BCUT2D eigenvalue weighted by Gasteiger charge is -2.13. The summed E-state index contributed by atoms with van der Waals surface area (Å²) in [6.45, 7) is 1.75. The number of carboxylic acids is 1. The number of carbonyl (C=O) groups is 1. The molecule has 8 heteroatoms.